The molecule has 6 heavy (non-hydrogen) atoms. The molecular weight excluding hydrogens is 99.5 g/mol. The first kappa shape index (κ1) is 1.83. The van der Waals surface area contributed by atoms with Gasteiger partial charge in [0.25, 0.3) is 0 Å². The molecule has 0 aromatic carbocycles. The Hall–Kier alpha value is -0.0400. The Morgan fingerprint density at radius 1 is 2.33 bits per heavy atom. The van der Waals surface area contributed by atoms with Crippen LogP contribution in [0, 0.1) is 0 Å². The zero-order chi connectivity index (χ0) is 7.28. The summed E-state index contributed by atoms with van der Waals surface area (Å²) in [5.74, 6) is -0.823. The average molecular weight is 108 g/mol. The molecule has 0 amide bonds. The molecule has 0 heterocycles. The summed E-state index contributed by atoms with van der Waals surface area (Å²) in [5, 5.41) is -1.68. The number of carbonyl (C=O) groups excluding carboxylic acids is 1. The van der Waals surface area contributed by atoms with Crippen molar-refractivity contribution in [3.05, 3.63) is 0 Å². The highest BCUT2D eigenvalue weighted by molar-refractivity contribution is 6.33. The summed E-state index contributed by atoms with van der Waals surface area (Å²) in [6.45, 7) is 0. The number of Topliss-reactive ketones (excluding diaryl/α,β-unsaturated/α-hetero) is 1. The molecule has 0 N–H and O–H groups in total. The van der Waals surface area contributed by atoms with Gasteiger partial charge in [-0.15, -0.1) is 11.6 Å². The van der Waals surface area contributed by atoms with Crippen molar-refractivity contribution in [1.29, 1.82) is 0 Å². The first-order valence-electron chi connectivity index (χ1n) is 3.10. The number of ketones is 1. The highest BCUT2D eigenvalue weighted by atomic mass is 35.5. The predicted molar refractivity (Wildman–Crippen MR) is 23.9 cm³/mol. The van der Waals surface area contributed by atoms with Gasteiger partial charge in [0.2, 0.25) is 0 Å². The van der Waals surface area contributed by atoms with E-state index in [1.807, 2.05) is 0 Å². The smallest absolute Gasteiger partial charge is 0.150 e. The maximum atomic E-state index is 10.5. The van der Waals surface area contributed by atoms with Crippen LogP contribution in [-0.2, 0) is 4.79 Å². The van der Waals surface area contributed by atoms with Crippen molar-refractivity contribution >= 4 is 17.4 Å². The van der Waals surface area contributed by atoms with Crippen molar-refractivity contribution in [1.82, 2.24) is 0 Å². The number of carbonyl (C=O) groups is 1. The lowest BCUT2D eigenvalue weighted by Gasteiger charge is -2.14. The van der Waals surface area contributed by atoms with Gasteiger partial charge >= 0.3 is 0 Å². The molecular formula is C4H5ClO. The molecule has 0 aromatic rings. The normalized spacial score (nSPS) is 60.8. The SMILES string of the molecule is [2H]C1([2H])CC([2H])(Cl)C1=O. The highest BCUT2D eigenvalue weighted by Crippen LogP contribution is 2.19. The van der Waals surface area contributed by atoms with Crippen LogP contribution in [0.5, 0.6) is 0 Å². The highest BCUT2D eigenvalue weighted by Gasteiger charge is 2.24. The molecule has 1 saturated carbocycles. The maximum absolute atomic E-state index is 10.5. The molecule has 1 nitrogen and oxygen atoms in total. The van der Waals surface area contributed by atoms with Gasteiger partial charge in [0.05, 0.1) is 6.72 Å². The van der Waals surface area contributed by atoms with Crippen LogP contribution in [0.4, 0.5) is 0 Å². The number of halogens is 1. The molecule has 2 heteroatoms. The average Bonchev–Trinajstić information content (AvgIpc) is 1.63. The fraction of sp³-hybridized carbons (Fsp3) is 0.750. The van der Waals surface area contributed by atoms with Crippen LogP contribution in [0.3, 0.4) is 0 Å². The van der Waals surface area contributed by atoms with Gasteiger partial charge < -0.3 is 0 Å². The summed E-state index contributed by atoms with van der Waals surface area (Å²) in [6, 6.07) is 0. The van der Waals surface area contributed by atoms with Gasteiger partial charge in [-0.1, -0.05) is 0 Å². The number of alkyl halides is 1. The molecule has 0 aromatic heterocycles. The van der Waals surface area contributed by atoms with Crippen LogP contribution in [0.25, 0.3) is 0 Å². The Balaban J connectivity index is 2.74. The molecule has 1 aliphatic rings. The minimum absolute atomic E-state index is 0.194. The van der Waals surface area contributed by atoms with Crippen LogP contribution in [-0.4, -0.2) is 11.1 Å². The summed E-state index contributed by atoms with van der Waals surface area (Å²) in [6.07, 6.45) is -2.04. The Morgan fingerprint density at radius 2 is 3.00 bits per heavy atom. The van der Waals surface area contributed by atoms with Crippen LogP contribution < -0.4 is 0 Å². The van der Waals surface area contributed by atoms with Crippen LogP contribution in [0.1, 0.15) is 16.9 Å². The second kappa shape index (κ2) is 1.23. The largest absolute Gasteiger partial charge is 0.298 e. The summed E-state index contributed by atoms with van der Waals surface area (Å²) >= 11 is 5.22. The first-order chi connectivity index (χ1) is 3.86. The second-order valence-corrected chi connectivity index (χ2v) is 1.54. The zero-order valence-electron chi connectivity index (χ0n) is 5.99. The fourth-order valence-corrected chi connectivity index (χ4v) is 0.361. The Morgan fingerprint density at radius 3 is 3.00 bits per heavy atom. The molecule has 1 atom stereocenters. The number of hydrogen-bond donors (Lipinski definition) is 0. The Labute approximate surface area is 45.5 Å². The van der Waals surface area contributed by atoms with Crippen LogP contribution >= 0.6 is 11.6 Å². The van der Waals surface area contributed by atoms with E-state index in [4.69, 9.17) is 15.7 Å². The minimum atomic E-state index is -1.84. The molecule has 0 bridgehead atoms. The van der Waals surface area contributed by atoms with Crippen molar-refractivity contribution in [3.63, 3.8) is 0 Å². The molecule has 0 aliphatic heterocycles. The van der Waals surface area contributed by atoms with Crippen molar-refractivity contribution in [2.45, 2.75) is 18.1 Å². The van der Waals surface area contributed by atoms with E-state index in [9.17, 15) is 4.79 Å². The molecule has 0 saturated heterocycles. The van der Waals surface area contributed by atoms with Crippen LogP contribution in [0.2, 0.25) is 0 Å². The van der Waals surface area contributed by atoms with Crippen molar-refractivity contribution in [2.24, 2.45) is 0 Å². The van der Waals surface area contributed by atoms with E-state index >= 15 is 0 Å². The van der Waals surface area contributed by atoms with E-state index in [2.05, 4.69) is 0 Å². The lowest BCUT2D eigenvalue weighted by atomic mass is 9.98. The molecule has 1 fully saturated rings. The van der Waals surface area contributed by atoms with E-state index in [1.165, 1.54) is 0 Å². The number of rotatable bonds is 0. The van der Waals surface area contributed by atoms with E-state index in [0.717, 1.165) is 0 Å². The third kappa shape index (κ3) is 0.432. The minimum Gasteiger partial charge on any atom is -0.298 e. The Bertz CT molecular complexity index is 149. The lowest BCUT2D eigenvalue weighted by Crippen LogP contribution is -2.25. The fourth-order valence-electron chi connectivity index (χ4n) is 0.227. The monoisotopic (exact) mass is 107 g/mol. The molecule has 1 aliphatic carbocycles. The van der Waals surface area contributed by atoms with Crippen molar-refractivity contribution in [2.75, 3.05) is 0 Å². The summed E-state index contributed by atoms with van der Waals surface area (Å²) in [4.78, 5) is 10.5. The summed E-state index contributed by atoms with van der Waals surface area (Å²) < 4.78 is 20.6. The van der Waals surface area contributed by atoms with Gasteiger partial charge in [-0.2, -0.15) is 0 Å². The predicted octanol–water partition coefficient (Wildman–Crippen LogP) is 0.957. The summed E-state index contributed by atoms with van der Waals surface area (Å²) in [7, 11) is 0. The van der Waals surface area contributed by atoms with Crippen molar-refractivity contribution < 1.29 is 8.91 Å². The molecule has 0 spiro atoms. The standard InChI is InChI=1S/C4H5ClO/c5-3-1-2-4(3)6/h3H,1-2H2/i2D2,3D. The quantitative estimate of drug-likeness (QED) is 0.422. The topological polar surface area (TPSA) is 17.1 Å². The lowest BCUT2D eigenvalue weighted by molar-refractivity contribution is -0.123. The second-order valence-electron chi connectivity index (χ2n) is 1.09. The van der Waals surface area contributed by atoms with Gasteiger partial charge in [-0.05, 0) is 6.42 Å². The third-order valence-electron chi connectivity index (χ3n) is 0.651. The van der Waals surface area contributed by atoms with Crippen LogP contribution in [0.15, 0.2) is 0 Å². The van der Waals surface area contributed by atoms with E-state index in [-0.39, 0.29) is 6.42 Å². The van der Waals surface area contributed by atoms with Gasteiger partial charge in [0.15, 0.2) is 5.78 Å². The van der Waals surface area contributed by atoms with Crippen molar-refractivity contribution in [3.8, 4) is 0 Å². The Kier molecular flexibility index (Phi) is 0.374. The zero-order valence-corrected chi connectivity index (χ0v) is 3.75. The van der Waals surface area contributed by atoms with E-state index < -0.39 is 17.5 Å². The molecule has 1 unspecified atom stereocenters. The number of hydrogen-bond acceptors (Lipinski definition) is 1. The third-order valence-corrected chi connectivity index (χ3v) is 0.956. The van der Waals surface area contributed by atoms with Gasteiger partial charge in [-0.3, -0.25) is 4.79 Å². The molecule has 1 rings (SSSR count). The first-order valence-corrected chi connectivity index (χ1v) is 1.98. The summed E-state index contributed by atoms with van der Waals surface area (Å²) in [5.41, 5.74) is 0. The maximum Gasteiger partial charge on any atom is 0.150 e. The molecule has 34 valence electrons. The van der Waals surface area contributed by atoms with E-state index in [0.29, 0.717) is 0 Å². The van der Waals surface area contributed by atoms with E-state index in [1.54, 1.807) is 0 Å². The van der Waals surface area contributed by atoms with Gasteiger partial charge in [0, 0.05) is 9.11 Å². The van der Waals surface area contributed by atoms with Gasteiger partial charge in [0.1, 0.15) is 0 Å². The molecule has 0 radical (unpaired) electrons. The van der Waals surface area contributed by atoms with Gasteiger partial charge in [-0.25, -0.2) is 0 Å².